The number of benzene rings is 2. The number of hydrogen-bond acceptors (Lipinski definition) is 18. The molecule has 4 rings (SSSR count). The van der Waals surface area contributed by atoms with Gasteiger partial charge in [0, 0.05) is 75.9 Å². The molecule has 3 aromatic rings. The summed E-state index contributed by atoms with van der Waals surface area (Å²) < 4.78 is 117. The van der Waals surface area contributed by atoms with Gasteiger partial charge in [0.25, 0.3) is 0 Å². The van der Waals surface area contributed by atoms with Gasteiger partial charge in [-0.2, -0.15) is 38.1 Å². The van der Waals surface area contributed by atoms with Gasteiger partial charge in [-0.15, -0.1) is 11.8 Å². The number of nitrogens with zero attached hydrogens (tertiary/aromatic N) is 4. The SMILES string of the molecule is CC(C)(C)[C@H](c1nc(-c2cc(F)ccc2F)cn1Cc1ccccc1)N(CCCN)C(=O)CSCCC(CC(=O)CCOCCOCCOCCOCCCC(=O)CCN1C(=O)CC(SC[C@H](N)C(=O)O)C1=O)C(=O)O.O=C(O)C(F)(F)F.O=C(O)C(F)(F)F. The highest BCUT2D eigenvalue weighted by molar-refractivity contribution is 8.00. The van der Waals surface area contributed by atoms with E-state index in [-0.39, 0.29) is 105 Å². The van der Waals surface area contributed by atoms with Gasteiger partial charge in [0.15, 0.2) is 0 Å². The lowest BCUT2D eigenvalue weighted by Crippen LogP contribution is -2.44. The lowest BCUT2D eigenvalue weighted by Gasteiger charge is -2.40. The van der Waals surface area contributed by atoms with Gasteiger partial charge < -0.3 is 60.3 Å². The standard InChI is InChI=1S/C53H74F2N6O13S2.2C2HF3O2/c1-53(2,3)48(49-58-44(41-30-38(54)12-13-42(41)55)33-59(49)32-36-9-5-4-6-10-36)60(18-8-17-56)47(65)35-75-28-16-37(51(67)68)29-40(63)15-21-72-23-25-74-27-26-73-24-22-71-20-7-11-39(62)14-19-61-46(64)31-45(50(61)66)76-34-43(57)52(69)70;2*3-2(4,5)1(6)7/h4-6,9-10,12-13,30,33,37,43,45,48H,7-8,11,14-29,31-32,34-35,56-57H2,1-3H3,(H,67,68)(H,69,70);2*(H,6,7)/t37?,43-,45?,48-;;/m0../s1. The molecule has 2 heterocycles. The number of carboxylic acid groups (broad SMARTS) is 4. The van der Waals surface area contributed by atoms with Crippen LogP contribution in [0, 0.1) is 23.0 Å². The molecule has 2 unspecified atom stereocenters. The number of nitrogens with two attached hydrogens (primary N) is 2. The third-order valence-electron chi connectivity index (χ3n) is 12.6. The molecule has 504 valence electrons. The Hall–Kier alpha value is -6.62. The maximum Gasteiger partial charge on any atom is 0.490 e. The van der Waals surface area contributed by atoms with Gasteiger partial charge >= 0.3 is 36.2 Å². The summed E-state index contributed by atoms with van der Waals surface area (Å²) in [6.45, 7) is 8.97. The first-order chi connectivity index (χ1) is 42.2. The highest BCUT2D eigenvalue weighted by Gasteiger charge is 2.41. The van der Waals surface area contributed by atoms with E-state index < -0.39 is 88.3 Å². The van der Waals surface area contributed by atoms with Gasteiger partial charge in [0.1, 0.15) is 35.1 Å². The van der Waals surface area contributed by atoms with E-state index in [1.54, 1.807) is 11.1 Å². The number of rotatable bonds is 39. The number of imide groups is 1. The predicted molar refractivity (Wildman–Crippen MR) is 311 cm³/mol. The first-order valence-electron chi connectivity index (χ1n) is 27.9. The summed E-state index contributed by atoms with van der Waals surface area (Å²) in [4.78, 5) is 113. The van der Waals surface area contributed by atoms with Crippen LogP contribution >= 0.6 is 23.5 Å². The number of carboxylic acids is 4. The molecule has 23 nitrogen and oxygen atoms in total. The Balaban J connectivity index is 0.00000176. The minimum Gasteiger partial charge on any atom is -0.481 e. The zero-order valence-electron chi connectivity index (χ0n) is 49.6. The number of likely N-dealkylation sites (tertiary alicyclic amines) is 1. The zero-order valence-corrected chi connectivity index (χ0v) is 51.3. The molecule has 8 N–H and O–H groups in total. The van der Waals surface area contributed by atoms with Gasteiger partial charge in [-0.1, -0.05) is 51.1 Å². The number of thioether (sulfide) groups is 2. The van der Waals surface area contributed by atoms with Crippen LogP contribution in [-0.2, 0) is 68.6 Å². The molecule has 2 aromatic carbocycles. The van der Waals surface area contributed by atoms with E-state index in [4.69, 9.17) is 60.3 Å². The van der Waals surface area contributed by atoms with Crippen LogP contribution in [0.1, 0.15) is 89.6 Å². The summed E-state index contributed by atoms with van der Waals surface area (Å²) in [6.07, 6.45) is -7.34. The summed E-state index contributed by atoms with van der Waals surface area (Å²) in [5.74, 6) is -10.6. The van der Waals surface area contributed by atoms with Crippen LogP contribution in [0.25, 0.3) is 11.3 Å². The number of ketones is 2. The van der Waals surface area contributed by atoms with Crippen LogP contribution in [0.3, 0.4) is 0 Å². The fourth-order valence-corrected chi connectivity index (χ4v) is 10.2. The molecule has 0 radical (unpaired) electrons. The Morgan fingerprint density at radius 1 is 0.756 bits per heavy atom. The van der Waals surface area contributed by atoms with Crippen LogP contribution < -0.4 is 11.5 Å². The number of carbonyl (C=O) groups excluding carboxylic acids is 5. The maximum absolute atomic E-state index is 15.1. The van der Waals surface area contributed by atoms with Crippen molar-refractivity contribution in [2.45, 2.75) is 108 Å². The molecule has 0 saturated carbocycles. The molecule has 0 aliphatic carbocycles. The van der Waals surface area contributed by atoms with Crippen molar-refractivity contribution in [2.24, 2.45) is 22.8 Å². The van der Waals surface area contributed by atoms with Gasteiger partial charge in [-0.25, -0.2) is 23.4 Å². The van der Waals surface area contributed by atoms with E-state index in [1.807, 2.05) is 55.7 Å². The average Bonchev–Trinajstić information content (AvgIpc) is 1.61. The molecule has 0 spiro atoms. The number of amides is 3. The van der Waals surface area contributed by atoms with Crippen LogP contribution in [0.2, 0.25) is 0 Å². The quantitative estimate of drug-likeness (QED) is 0.0197. The molecule has 3 amide bonds. The number of imidazole rings is 1. The van der Waals surface area contributed by atoms with Crippen molar-refractivity contribution >= 4 is 76.7 Å². The molecule has 33 heteroatoms. The van der Waals surface area contributed by atoms with Gasteiger partial charge in [-0.05, 0) is 60.7 Å². The number of aromatic nitrogens is 2. The summed E-state index contributed by atoms with van der Waals surface area (Å²) in [6, 6.07) is 11.0. The zero-order chi connectivity index (χ0) is 67.8. The number of halogens is 8. The molecule has 1 saturated heterocycles. The minimum absolute atomic E-state index is 0.00308. The van der Waals surface area contributed by atoms with E-state index >= 15 is 4.39 Å². The van der Waals surface area contributed by atoms with Crippen molar-refractivity contribution in [1.82, 2.24) is 19.4 Å². The maximum atomic E-state index is 15.1. The van der Waals surface area contributed by atoms with Crippen molar-refractivity contribution < 1.29 is 118 Å². The Kier molecular flexibility index (Phi) is 35.6. The van der Waals surface area contributed by atoms with Crippen molar-refractivity contribution in [3.63, 3.8) is 0 Å². The first-order valence-corrected chi connectivity index (χ1v) is 30.1. The number of Topliss-reactive ketones (excluding diaryl/α,β-unsaturated/α-hetero) is 2. The third kappa shape index (κ3) is 30.5. The topological polar surface area (TPSA) is 348 Å². The van der Waals surface area contributed by atoms with E-state index in [0.29, 0.717) is 77.1 Å². The Morgan fingerprint density at radius 3 is 1.86 bits per heavy atom. The summed E-state index contributed by atoms with van der Waals surface area (Å²) >= 11 is 2.30. The average molecular weight is 1330 g/mol. The van der Waals surface area contributed by atoms with Crippen LogP contribution in [-0.4, -0.2) is 206 Å². The number of alkyl halides is 6. The van der Waals surface area contributed by atoms with Crippen molar-refractivity contribution in [3.05, 3.63) is 77.8 Å². The van der Waals surface area contributed by atoms with Crippen LogP contribution in [0.15, 0.2) is 54.7 Å². The monoisotopic (exact) mass is 1330 g/mol. The molecule has 0 bridgehead atoms. The van der Waals surface area contributed by atoms with Crippen molar-refractivity contribution in [3.8, 4) is 11.3 Å². The normalized spacial score (nSPS) is 14.4. The third-order valence-corrected chi connectivity index (χ3v) is 14.9. The summed E-state index contributed by atoms with van der Waals surface area (Å²) in [5, 5.41) is 32.4. The predicted octanol–water partition coefficient (Wildman–Crippen LogP) is 6.66. The second-order valence-corrected chi connectivity index (χ2v) is 23.2. The van der Waals surface area contributed by atoms with E-state index in [0.717, 1.165) is 40.4 Å². The van der Waals surface area contributed by atoms with E-state index in [1.165, 1.54) is 11.8 Å². The highest BCUT2D eigenvalue weighted by Crippen LogP contribution is 2.40. The molecule has 90 heavy (non-hydrogen) atoms. The molecular formula is C57H76F8N6O17S2. The fourth-order valence-electron chi connectivity index (χ4n) is 8.18. The highest BCUT2D eigenvalue weighted by atomic mass is 32.2. The smallest absolute Gasteiger partial charge is 0.481 e. The summed E-state index contributed by atoms with van der Waals surface area (Å²) in [7, 11) is 0. The Morgan fingerprint density at radius 2 is 1.32 bits per heavy atom. The lowest BCUT2D eigenvalue weighted by molar-refractivity contribution is -0.193. The van der Waals surface area contributed by atoms with Gasteiger partial charge in [-0.3, -0.25) is 38.5 Å². The Labute approximate surface area is 521 Å². The van der Waals surface area contributed by atoms with Gasteiger partial charge in [0.05, 0.1) is 74.9 Å². The molecular weight excluding hydrogens is 1260 g/mol. The second kappa shape index (κ2) is 40.3. The van der Waals surface area contributed by atoms with Crippen molar-refractivity contribution in [1.29, 1.82) is 0 Å². The lowest BCUT2D eigenvalue weighted by atomic mass is 9.84. The van der Waals surface area contributed by atoms with E-state index in [2.05, 4.69) is 0 Å². The Bertz CT molecular complexity index is 2770. The van der Waals surface area contributed by atoms with Crippen LogP contribution in [0.5, 0.6) is 0 Å². The molecule has 1 aromatic heterocycles. The largest absolute Gasteiger partial charge is 0.490 e. The number of ether oxygens (including phenoxy) is 4. The molecule has 1 aliphatic heterocycles. The summed E-state index contributed by atoms with van der Waals surface area (Å²) in [5.41, 5.74) is 12.0. The minimum atomic E-state index is -5.08. The van der Waals surface area contributed by atoms with Crippen LogP contribution in [0.4, 0.5) is 35.1 Å². The second-order valence-electron chi connectivity index (χ2n) is 20.9. The van der Waals surface area contributed by atoms with E-state index in [9.17, 15) is 69.4 Å². The fraction of sp³-hybridized carbons (Fsp3) is 0.579. The molecule has 1 fully saturated rings. The molecule has 4 atom stereocenters. The first kappa shape index (κ1) is 79.5. The number of hydrogen-bond donors (Lipinski definition) is 6. The number of aliphatic carboxylic acids is 4. The molecule has 1 aliphatic rings. The van der Waals surface area contributed by atoms with Gasteiger partial charge in [0.2, 0.25) is 17.7 Å². The number of carbonyl (C=O) groups is 9. The van der Waals surface area contributed by atoms with Crippen molar-refractivity contribution in [2.75, 3.05) is 89.7 Å².